The van der Waals surface area contributed by atoms with E-state index in [9.17, 15) is 9.59 Å². The number of nitrogens with zero attached hydrogens (tertiary/aromatic N) is 4. The van der Waals surface area contributed by atoms with E-state index < -0.39 is 11.2 Å². The molecule has 0 unspecified atom stereocenters. The molecule has 0 saturated carbocycles. The number of H-pyrrole nitrogens is 1. The standard InChI is InChI=1S/C19H16N6O3/c1-28-15-5-3-2-4-14(15)25-17(26)13-11-22-18(23-16(13)24-19(25)27)21-10-12-6-8-20-9-7-12/h2-9,11H,10H2,1H3,(H2,21,22,23,24,27). The molecule has 140 valence electrons. The number of rotatable bonds is 5. The number of pyridine rings is 1. The molecular formula is C19H16N6O3. The summed E-state index contributed by atoms with van der Waals surface area (Å²) in [4.78, 5) is 40.5. The molecule has 0 atom stereocenters. The minimum atomic E-state index is -0.610. The Kier molecular flexibility index (Phi) is 4.55. The van der Waals surface area contributed by atoms with E-state index in [0.717, 1.165) is 10.1 Å². The van der Waals surface area contributed by atoms with E-state index in [0.29, 0.717) is 23.9 Å². The summed E-state index contributed by atoms with van der Waals surface area (Å²) in [6.45, 7) is 0.483. The monoisotopic (exact) mass is 376 g/mol. The van der Waals surface area contributed by atoms with Gasteiger partial charge in [-0.2, -0.15) is 4.98 Å². The molecule has 0 aliphatic rings. The largest absolute Gasteiger partial charge is 0.495 e. The normalized spacial score (nSPS) is 10.8. The molecule has 0 fully saturated rings. The van der Waals surface area contributed by atoms with Crippen LogP contribution in [0.3, 0.4) is 0 Å². The van der Waals surface area contributed by atoms with E-state index in [1.807, 2.05) is 12.1 Å². The summed E-state index contributed by atoms with van der Waals surface area (Å²) < 4.78 is 6.27. The van der Waals surface area contributed by atoms with Crippen molar-refractivity contribution in [3.63, 3.8) is 0 Å². The van der Waals surface area contributed by atoms with Crippen LogP contribution in [0.1, 0.15) is 5.56 Å². The Balaban J connectivity index is 1.74. The van der Waals surface area contributed by atoms with Gasteiger partial charge in [0.25, 0.3) is 5.56 Å². The summed E-state index contributed by atoms with van der Waals surface area (Å²) in [6, 6.07) is 10.5. The predicted octanol–water partition coefficient (Wildman–Crippen LogP) is 1.48. The third-order valence-electron chi connectivity index (χ3n) is 4.18. The first-order valence-corrected chi connectivity index (χ1v) is 8.45. The lowest BCUT2D eigenvalue weighted by molar-refractivity contribution is 0.412. The second-order valence-corrected chi connectivity index (χ2v) is 5.91. The van der Waals surface area contributed by atoms with Crippen LogP contribution in [0.25, 0.3) is 16.7 Å². The van der Waals surface area contributed by atoms with Crippen molar-refractivity contribution in [2.75, 3.05) is 12.4 Å². The van der Waals surface area contributed by atoms with Crippen molar-refractivity contribution in [2.45, 2.75) is 6.54 Å². The lowest BCUT2D eigenvalue weighted by Crippen LogP contribution is -2.34. The number of hydrogen-bond acceptors (Lipinski definition) is 7. The van der Waals surface area contributed by atoms with Crippen molar-refractivity contribution in [3.8, 4) is 11.4 Å². The SMILES string of the molecule is COc1ccccc1-n1c(=O)[nH]c2nc(NCc3ccncc3)ncc2c1=O. The molecule has 1 aromatic carbocycles. The van der Waals surface area contributed by atoms with Gasteiger partial charge in [-0.15, -0.1) is 0 Å². The summed E-state index contributed by atoms with van der Waals surface area (Å²) >= 11 is 0. The fourth-order valence-corrected chi connectivity index (χ4v) is 2.80. The van der Waals surface area contributed by atoms with Crippen molar-refractivity contribution in [1.82, 2.24) is 24.5 Å². The third-order valence-corrected chi connectivity index (χ3v) is 4.18. The first-order chi connectivity index (χ1) is 13.7. The summed E-state index contributed by atoms with van der Waals surface area (Å²) in [5.74, 6) is 0.709. The molecule has 0 aliphatic heterocycles. The van der Waals surface area contributed by atoms with Crippen LogP contribution in [-0.4, -0.2) is 31.6 Å². The van der Waals surface area contributed by atoms with Gasteiger partial charge in [0.2, 0.25) is 5.95 Å². The average molecular weight is 376 g/mol. The fraction of sp³-hybridized carbons (Fsp3) is 0.105. The summed E-state index contributed by atoms with van der Waals surface area (Å²) in [5, 5.41) is 3.25. The Bertz CT molecular complexity index is 1250. The van der Waals surface area contributed by atoms with Gasteiger partial charge in [0, 0.05) is 25.1 Å². The molecule has 3 aromatic heterocycles. The molecule has 0 spiro atoms. The zero-order valence-electron chi connectivity index (χ0n) is 14.9. The first-order valence-electron chi connectivity index (χ1n) is 8.45. The number of fused-ring (bicyclic) bond motifs is 1. The predicted molar refractivity (Wildman–Crippen MR) is 104 cm³/mol. The highest BCUT2D eigenvalue weighted by molar-refractivity contribution is 5.73. The van der Waals surface area contributed by atoms with E-state index in [1.165, 1.54) is 13.3 Å². The number of anilines is 1. The van der Waals surface area contributed by atoms with E-state index in [4.69, 9.17) is 4.74 Å². The molecule has 0 saturated heterocycles. The Labute approximate surface area is 158 Å². The molecule has 28 heavy (non-hydrogen) atoms. The Hall–Kier alpha value is -4.01. The van der Waals surface area contributed by atoms with Crippen LogP contribution >= 0.6 is 0 Å². The summed E-state index contributed by atoms with van der Waals surface area (Å²) in [6.07, 6.45) is 4.77. The van der Waals surface area contributed by atoms with E-state index in [2.05, 4.69) is 25.3 Å². The number of aromatic nitrogens is 5. The second kappa shape index (κ2) is 7.31. The van der Waals surface area contributed by atoms with Gasteiger partial charge in [-0.25, -0.2) is 14.3 Å². The second-order valence-electron chi connectivity index (χ2n) is 5.91. The van der Waals surface area contributed by atoms with Gasteiger partial charge < -0.3 is 10.1 Å². The quantitative estimate of drug-likeness (QED) is 0.542. The van der Waals surface area contributed by atoms with Crippen molar-refractivity contribution in [1.29, 1.82) is 0 Å². The minimum Gasteiger partial charge on any atom is -0.495 e. The van der Waals surface area contributed by atoms with Crippen molar-refractivity contribution < 1.29 is 4.74 Å². The molecule has 0 bridgehead atoms. The molecule has 3 heterocycles. The van der Waals surface area contributed by atoms with Crippen LogP contribution in [0.15, 0.2) is 64.6 Å². The van der Waals surface area contributed by atoms with Crippen LogP contribution in [0.4, 0.5) is 5.95 Å². The zero-order valence-corrected chi connectivity index (χ0v) is 14.9. The number of nitrogens with one attached hydrogen (secondary N) is 2. The zero-order chi connectivity index (χ0) is 19.5. The number of para-hydroxylation sites is 2. The highest BCUT2D eigenvalue weighted by Crippen LogP contribution is 2.19. The lowest BCUT2D eigenvalue weighted by atomic mass is 10.3. The van der Waals surface area contributed by atoms with Gasteiger partial charge in [0.15, 0.2) is 5.65 Å². The minimum absolute atomic E-state index is 0.161. The van der Waals surface area contributed by atoms with Crippen molar-refractivity contribution >= 4 is 17.0 Å². The average Bonchev–Trinajstić information content (AvgIpc) is 2.73. The summed E-state index contributed by atoms with van der Waals surface area (Å²) in [7, 11) is 1.48. The maximum atomic E-state index is 12.9. The molecule has 0 aliphatic carbocycles. The van der Waals surface area contributed by atoms with Crippen LogP contribution in [-0.2, 0) is 6.54 Å². The number of ether oxygens (including phenoxy) is 1. The molecule has 9 heteroatoms. The molecule has 4 rings (SSSR count). The van der Waals surface area contributed by atoms with Crippen LogP contribution in [0, 0.1) is 0 Å². The highest BCUT2D eigenvalue weighted by Gasteiger charge is 2.14. The molecule has 0 radical (unpaired) electrons. The van der Waals surface area contributed by atoms with Gasteiger partial charge in [-0.1, -0.05) is 12.1 Å². The number of methoxy groups -OCH3 is 1. The number of aromatic amines is 1. The maximum Gasteiger partial charge on any atom is 0.334 e. The lowest BCUT2D eigenvalue weighted by Gasteiger charge is -2.10. The third kappa shape index (κ3) is 3.20. The molecule has 9 nitrogen and oxygen atoms in total. The maximum absolute atomic E-state index is 12.9. The van der Waals surface area contributed by atoms with Gasteiger partial charge in [-0.05, 0) is 29.8 Å². The van der Waals surface area contributed by atoms with Gasteiger partial charge in [0.05, 0.1) is 12.8 Å². The molecular weight excluding hydrogens is 360 g/mol. The van der Waals surface area contributed by atoms with Gasteiger partial charge >= 0.3 is 5.69 Å². The highest BCUT2D eigenvalue weighted by atomic mass is 16.5. The Morgan fingerprint density at radius 3 is 2.71 bits per heavy atom. The Morgan fingerprint density at radius 2 is 1.93 bits per heavy atom. The smallest absolute Gasteiger partial charge is 0.334 e. The van der Waals surface area contributed by atoms with Gasteiger partial charge in [0.1, 0.15) is 11.1 Å². The van der Waals surface area contributed by atoms with Crippen LogP contribution in [0.5, 0.6) is 5.75 Å². The molecule has 4 aromatic rings. The van der Waals surface area contributed by atoms with Crippen LogP contribution < -0.4 is 21.3 Å². The van der Waals surface area contributed by atoms with E-state index in [1.54, 1.807) is 36.7 Å². The molecule has 0 amide bonds. The van der Waals surface area contributed by atoms with E-state index >= 15 is 0 Å². The number of hydrogen-bond donors (Lipinski definition) is 2. The van der Waals surface area contributed by atoms with Crippen LogP contribution in [0.2, 0.25) is 0 Å². The number of benzene rings is 1. The Morgan fingerprint density at radius 1 is 1.14 bits per heavy atom. The fourth-order valence-electron chi connectivity index (χ4n) is 2.80. The summed E-state index contributed by atoms with van der Waals surface area (Å²) in [5.41, 5.74) is 0.370. The van der Waals surface area contributed by atoms with Gasteiger partial charge in [-0.3, -0.25) is 14.8 Å². The van der Waals surface area contributed by atoms with E-state index in [-0.39, 0.29) is 11.0 Å². The van der Waals surface area contributed by atoms with Crippen molar-refractivity contribution in [2.24, 2.45) is 0 Å². The molecule has 2 N–H and O–H groups in total. The first kappa shape index (κ1) is 17.4. The van der Waals surface area contributed by atoms with Crippen molar-refractivity contribution in [3.05, 3.63) is 81.4 Å². The topological polar surface area (TPSA) is 115 Å².